The minimum Gasteiger partial charge on any atom is -0.494 e. The summed E-state index contributed by atoms with van der Waals surface area (Å²) in [5.74, 6) is 0.990. The van der Waals surface area contributed by atoms with Crippen molar-refractivity contribution in [3.05, 3.63) is 39.8 Å². The molecule has 3 fully saturated rings. The third-order valence-electron chi connectivity index (χ3n) is 9.63. The number of carbonyl (C=O) groups excluding carboxylic acids is 1. The number of halogens is 2. The number of nitrogens with zero attached hydrogens (tertiary/aromatic N) is 4. The Balaban J connectivity index is 1.40. The Morgan fingerprint density at radius 3 is 2.60 bits per heavy atom. The van der Waals surface area contributed by atoms with Gasteiger partial charge in [0.1, 0.15) is 23.1 Å². The number of amides is 1. The number of aromatic nitrogens is 1. The van der Waals surface area contributed by atoms with E-state index in [0.29, 0.717) is 42.5 Å². The second kappa shape index (κ2) is 8.97. The number of hydrogen-bond acceptors (Lipinski definition) is 6. The summed E-state index contributed by atoms with van der Waals surface area (Å²) in [4.78, 5) is 21.8. The first-order chi connectivity index (χ1) is 18.8. The van der Waals surface area contributed by atoms with Crippen molar-refractivity contribution in [2.75, 3.05) is 38.2 Å². The summed E-state index contributed by atoms with van der Waals surface area (Å²) in [6.07, 6.45) is 2.49. The Kier molecular flexibility index (Phi) is 6.09. The molecule has 0 unspecified atom stereocenters. The molecule has 3 heterocycles. The summed E-state index contributed by atoms with van der Waals surface area (Å²) >= 11 is 6.66. The first kappa shape index (κ1) is 27.1. The number of methoxy groups -OCH3 is 1. The van der Waals surface area contributed by atoms with Crippen LogP contribution in [0.4, 0.5) is 15.0 Å². The lowest BCUT2D eigenvalue weighted by Gasteiger charge is -2.57. The second-order valence-electron chi connectivity index (χ2n) is 13.6. The van der Waals surface area contributed by atoms with Crippen molar-refractivity contribution in [3.8, 4) is 22.9 Å². The van der Waals surface area contributed by atoms with Crippen molar-refractivity contribution < 1.29 is 18.7 Å². The van der Waals surface area contributed by atoms with E-state index in [9.17, 15) is 14.4 Å². The molecule has 40 heavy (non-hydrogen) atoms. The van der Waals surface area contributed by atoms with Crippen LogP contribution in [-0.4, -0.2) is 54.9 Å². The molecular weight excluding hydrogens is 531 g/mol. The molecule has 0 N–H and O–H groups in total. The van der Waals surface area contributed by atoms with Gasteiger partial charge in [-0.1, -0.05) is 25.4 Å². The van der Waals surface area contributed by atoms with Crippen LogP contribution >= 0.6 is 11.6 Å². The normalized spacial score (nSPS) is 23.7. The summed E-state index contributed by atoms with van der Waals surface area (Å²) in [5.41, 5.74) is 3.43. The zero-order valence-corrected chi connectivity index (χ0v) is 24.8. The molecule has 7 nitrogen and oxygen atoms in total. The molecule has 3 aliphatic carbocycles. The molecule has 7 rings (SSSR count). The molecule has 1 saturated carbocycles. The first-order valence-corrected chi connectivity index (χ1v) is 14.4. The molecule has 2 aromatic rings. The lowest BCUT2D eigenvalue weighted by Crippen LogP contribution is -2.60. The van der Waals surface area contributed by atoms with Crippen molar-refractivity contribution in [3.63, 3.8) is 0 Å². The van der Waals surface area contributed by atoms with Crippen LogP contribution in [0.2, 0.25) is 5.02 Å². The van der Waals surface area contributed by atoms with Crippen LogP contribution in [0.1, 0.15) is 70.2 Å². The minimum atomic E-state index is -0.539. The van der Waals surface area contributed by atoms with Gasteiger partial charge in [0.05, 0.1) is 17.8 Å². The van der Waals surface area contributed by atoms with E-state index in [2.05, 4.69) is 24.8 Å². The number of nitriles is 1. The van der Waals surface area contributed by atoms with Crippen LogP contribution in [0.15, 0.2) is 12.1 Å². The Morgan fingerprint density at radius 2 is 1.98 bits per heavy atom. The van der Waals surface area contributed by atoms with Crippen molar-refractivity contribution in [1.29, 1.82) is 5.26 Å². The third-order valence-corrected chi connectivity index (χ3v) is 9.94. The molecule has 2 aliphatic heterocycles. The lowest BCUT2D eigenvalue weighted by molar-refractivity contribution is -0.0266. The van der Waals surface area contributed by atoms with E-state index in [4.69, 9.17) is 26.1 Å². The topological polar surface area (TPSA) is 78.7 Å². The van der Waals surface area contributed by atoms with Crippen LogP contribution in [-0.2, 0) is 11.2 Å². The monoisotopic (exact) mass is 566 g/mol. The van der Waals surface area contributed by atoms with E-state index in [1.54, 1.807) is 11.0 Å². The van der Waals surface area contributed by atoms with Gasteiger partial charge >= 0.3 is 6.09 Å². The molecule has 212 valence electrons. The Hall–Kier alpha value is -3.05. The number of anilines is 1. The van der Waals surface area contributed by atoms with Crippen LogP contribution in [0.25, 0.3) is 11.1 Å². The third kappa shape index (κ3) is 4.11. The summed E-state index contributed by atoms with van der Waals surface area (Å²) in [5, 5.41) is 10.8. The smallest absolute Gasteiger partial charge is 0.410 e. The SMILES string of the molecule is COc1cc(-c2c(C#N)c(N3CCC4(CN(C(=O)OC(C)(C)C)C4)C3)nc3c2C[C@H]2C[C@@H]3C2(C)C)c(Cl)cc1F. The van der Waals surface area contributed by atoms with E-state index in [0.717, 1.165) is 42.6 Å². The van der Waals surface area contributed by atoms with Gasteiger partial charge in [0.25, 0.3) is 0 Å². The number of hydrogen-bond donors (Lipinski definition) is 0. The molecule has 1 spiro atoms. The maximum Gasteiger partial charge on any atom is 0.410 e. The zero-order valence-electron chi connectivity index (χ0n) is 24.0. The summed E-state index contributed by atoms with van der Waals surface area (Å²) in [7, 11) is 1.43. The van der Waals surface area contributed by atoms with Gasteiger partial charge in [-0.2, -0.15) is 5.26 Å². The van der Waals surface area contributed by atoms with E-state index in [-0.39, 0.29) is 33.6 Å². The summed E-state index contributed by atoms with van der Waals surface area (Å²) < 4.78 is 25.4. The maximum absolute atomic E-state index is 14.5. The Morgan fingerprint density at radius 1 is 1.25 bits per heavy atom. The van der Waals surface area contributed by atoms with Crippen molar-refractivity contribution in [1.82, 2.24) is 9.88 Å². The van der Waals surface area contributed by atoms with E-state index in [1.807, 2.05) is 20.8 Å². The Bertz CT molecular complexity index is 1450. The van der Waals surface area contributed by atoms with Gasteiger partial charge in [0.2, 0.25) is 0 Å². The predicted molar refractivity (Wildman–Crippen MR) is 151 cm³/mol. The van der Waals surface area contributed by atoms with Crippen molar-refractivity contribution in [2.45, 2.75) is 65.4 Å². The van der Waals surface area contributed by atoms with Gasteiger partial charge in [-0.3, -0.25) is 0 Å². The minimum absolute atomic E-state index is 0.0566. The fourth-order valence-corrected chi connectivity index (χ4v) is 7.54. The van der Waals surface area contributed by atoms with Gasteiger partial charge < -0.3 is 19.3 Å². The van der Waals surface area contributed by atoms with E-state index >= 15 is 0 Å². The van der Waals surface area contributed by atoms with Crippen LogP contribution < -0.4 is 9.64 Å². The molecule has 5 aliphatic rings. The molecule has 9 heteroatoms. The molecule has 2 bridgehead atoms. The molecule has 0 radical (unpaired) electrons. The average molecular weight is 567 g/mol. The van der Waals surface area contributed by atoms with E-state index < -0.39 is 11.4 Å². The average Bonchev–Trinajstić information content (AvgIpc) is 3.31. The van der Waals surface area contributed by atoms with E-state index in [1.165, 1.54) is 13.2 Å². The predicted octanol–water partition coefficient (Wildman–Crippen LogP) is 6.55. The van der Waals surface area contributed by atoms with Gasteiger partial charge in [0, 0.05) is 48.6 Å². The molecule has 2 saturated heterocycles. The number of likely N-dealkylation sites (tertiary alicyclic amines) is 1. The first-order valence-electron chi connectivity index (χ1n) is 14.0. The summed E-state index contributed by atoms with van der Waals surface area (Å²) in [6.45, 7) is 12.9. The molecular formula is C31H36ClFN4O3. The molecule has 1 aromatic heterocycles. The van der Waals surface area contributed by atoms with Gasteiger partial charge in [-0.05, 0) is 69.1 Å². The van der Waals surface area contributed by atoms with Crippen LogP contribution in [0, 0.1) is 33.9 Å². The maximum atomic E-state index is 14.5. The number of ether oxygens (including phenoxy) is 2. The number of carbonyl (C=O) groups is 1. The fraction of sp³-hybridized carbons (Fsp3) is 0.581. The zero-order chi connectivity index (χ0) is 28.8. The lowest BCUT2D eigenvalue weighted by atomic mass is 9.48. The molecule has 1 aromatic carbocycles. The standard InChI is InChI=1S/C31H36ClFN4O3/c1-29(2,3)40-28(38)37-15-31(16-37)7-8-36(14-31)27-20(13-34)25(18-11-24(39-6)23(33)12-22(18)32)19-9-17-10-21(26(19)35-27)30(17,4)5/h11-12,17,21H,7-10,14-16H2,1-6H3/t17-,21-/m0/s1. The highest BCUT2D eigenvalue weighted by Gasteiger charge is 2.55. The van der Waals surface area contributed by atoms with Crippen molar-refractivity contribution >= 4 is 23.5 Å². The van der Waals surface area contributed by atoms with Gasteiger partial charge in [-0.15, -0.1) is 0 Å². The molecule has 1 amide bonds. The number of rotatable bonds is 3. The molecule has 2 atom stereocenters. The second-order valence-corrected chi connectivity index (χ2v) is 14.1. The van der Waals surface area contributed by atoms with Crippen LogP contribution in [0.3, 0.4) is 0 Å². The largest absolute Gasteiger partial charge is 0.494 e. The highest BCUT2D eigenvalue weighted by Crippen LogP contribution is 2.63. The van der Waals surface area contributed by atoms with Gasteiger partial charge in [0.15, 0.2) is 11.6 Å². The van der Waals surface area contributed by atoms with Crippen LogP contribution in [0.5, 0.6) is 5.75 Å². The van der Waals surface area contributed by atoms with Crippen molar-refractivity contribution in [2.24, 2.45) is 16.7 Å². The fourth-order valence-electron chi connectivity index (χ4n) is 7.30. The highest BCUT2D eigenvalue weighted by molar-refractivity contribution is 6.33. The number of pyridine rings is 1. The Labute approximate surface area is 240 Å². The summed E-state index contributed by atoms with van der Waals surface area (Å²) in [6, 6.07) is 5.33. The highest BCUT2D eigenvalue weighted by atomic mass is 35.5. The number of benzene rings is 1. The quantitative estimate of drug-likeness (QED) is 0.419. The van der Waals surface area contributed by atoms with Gasteiger partial charge in [-0.25, -0.2) is 14.2 Å².